The Bertz CT molecular complexity index is 1860. The average Bonchev–Trinajstić information content (AvgIpc) is 3.23. The number of fused-ring (bicyclic) bond motifs is 2. The molecule has 0 radical (unpaired) electrons. The van der Waals surface area contributed by atoms with Gasteiger partial charge in [-0.25, -0.2) is 19.2 Å². The third kappa shape index (κ3) is 7.21. The molecule has 1 saturated heterocycles. The first-order chi connectivity index (χ1) is 23.1. The van der Waals surface area contributed by atoms with E-state index in [0.29, 0.717) is 54.7 Å². The molecule has 0 unspecified atom stereocenters. The molecule has 252 valence electrons. The van der Waals surface area contributed by atoms with Crippen LogP contribution < -0.4 is 9.64 Å². The smallest absolute Gasteiger partial charge is 0.338 e. The van der Waals surface area contributed by atoms with Crippen LogP contribution in [0.4, 0.5) is 10.2 Å². The standard InChI is InChI=1S/C37H41ClFN5O4/c1-37(2,3)48-36(45)25-6-8-31-32(19-25)44(22-28-13-18-46-28)34(40-31)23-42-15-11-24(12-16-42)30-9-10-33-35(41-30)43(14-4-17-47-33)21-26-5-7-27(38)20-29(26)39/h5-11,19-20,28H,4,12-18,21-23H2,1-3H3/t28-/m0/s1. The third-order valence-electron chi connectivity index (χ3n) is 8.97. The number of halogens is 2. The van der Waals surface area contributed by atoms with Crippen LogP contribution in [-0.4, -0.2) is 70.0 Å². The summed E-state index contributed by atoms with van der Waals surface area (Å²) < 4.78 is 34.4. The Kier molecular flexibility index (Phi) is 9.15. The molecule has 9 nitrogen and oxygen atoms in total. The zero-order valence-corrected chi connectivity index (χ0v) is 28.4. The summed E-state index contributed by atoms with van der Waals surface area (Å²) >= 11 is 6.00. The Morgan fingerprint density at radius 2 is 1.92 bits per heavy atom. The number of anilines is 1. The Balaban J connectivity index is 1.10. The molecule has 1 atom stereocenters. The SMILES string of the molecule is CC(C)(C)OC(=O)c1ccc2nc(CN3CC=C(c4ccc5c(n4)N(Cc4ccc(Cl)cc4F)CCCO5)CC3)n(C[C@@H]3CCO3)c2c1. The molecule has 2 aromatic heterocycles. The number of esters is 1. The van der Waals surface area contributed by atoms with Crippen molar-refractivity contribution in [2.45, 2.75) is 71.4 Å². The van der Waals surface area contributed by atoms with Crippen LogP contribution in [0, 0.1) is 5.82 Å². The largest absolute Gasteiger partial charge is 0.490 e. The first kappa shape index (κ1) is 32.6. The van der Waals surface area contributed by atoms with E-state index in [2.05, 4.69) is 20.4 Å². The van der Waals surface area contributed by atoms with Crippen LogP contribution in [0.15, 0.2) is 54.6 Å². The topological polar surface area (TPSA) is 82.0 Å². The highest BCUT2D eigenvalue weighted by molar-refractivity contribution is 6.30. The van der Waals surface area contributed by atoms with E-state index in [4.69, 9.17) is 35.8 Å². The summed E-state index contributed by atoms with van der Waals surface area (Å²) in [5.74, 6) is 1.74. The van der Waals surface area contributed by atoms with Crippen LogP contribution in [0.1, 0.15) is 67.5 Å². The predicted molar refractivity (Wildman–Crippen MR) is 184 cm³/mol. The van der Waals surface area contributed by atoms with Gasteiger partial charge in [0.1, 0.15) is 17.2 Å². The fraction of sp³-hybridized carbons (Fsp3) is 0.432. The van der Waals surface area contributed by atoms with Crippen molar-refractivity contribution in [1.29, 1.82) is 0 Å². The molecule has 1 fully saturated rings. The normalized spacial score (nSPS) is 18.5. The highest BCUT2D eigenvalue weighted by Crippen LogP contribution is 2.34. The van der Waals surface area contributed by atoms with Crippen molar-refractivity contribution in [3.63, 3.8) is 0 Å². The lowest BCUT2D eigenvalue weighted by atomic mass is 10.0. The van der Waals surface area contributed by atoms with Crippen molar-refractivity contribution < 1.29 is 23.4 Å². The van der Waals surface area contributed by atoms with Crippen molar-refractivity contribution in [2.24, 2.45) is 0 Å². The minimum atomic E-state index is -0.574. The van der Waals surface area contributed by atoms with Crippen LogP contribution in [-0.2, 0) is 29.1 Å². The number of carbonyl (C=O) groups is 1. The predicted octanol–water partition coefficient (Wildman–Crippen LogP) is 7.05. The molecule has 11 heteroatoms. The van der Waals surface area contributed by atoms with Crippen LogP contribution >= 0.6 is 11.6 Å². The molecule has 0 aliphatic carbocycles. The molecule has 4 aromatic rings. The van der Waals surface area contributed by atoms with E-state index in [1.54, 1.807) is 18.2 Å². The summed E-state index contributed by atoms with van der Waals surface area (Å²) in [4.78, 5) is 27.4. The van der Waals surface area contributed by atoms with E-state index in [1.165, 1.54) is 11.6 Å². The van der Waals surface area contributed by atoms with Crippen LogP contribution in [0.2, 0.25) is 5.02 Å². The zero-order chi connectivity index (χ0) is 33.4. The van der Waals surface area contributed by atoms with E-state index in [9.17, 15) is 9.18 Å². The highest BCUT2D eigenvalue weighted by atomic mass is 35.5. The minimum Gasteiger partial charge on any atom is -0.490 e. The van der Waals surface area contributed by atoms with Gasteiger partial charge in [0.25, 0.3) is 0 Å². The van der Waals surface area contributed by atoms with E-state index in [1.807, 2.05) is 45.0 Å². The first-order valence-corrected chi connectivity index (χ1v) is 17.1. The molecule has 5 heterocycles. The summed E-state index contributed by atoms with van der Waals surface area (Å²) in [6.45, 7) is 11.0. The number of hydrogen-bond donors (Lipinski definition) is 0. The van der Waals surface area contributed by atoms with Gasteiger partial charge in [-0.3, -0.25) is 4.90 Å². The molecule has 0 spiro atoms. The minimum absolute atomic E-state index is 0.137. The van der Waals surface area contributed by atoms with Crippen molar-refractivity contribution in [1.82, 2.24) is 19.4 Å². The number of rotatable bonds is 8. The summed E-state index contributed by atoms with van der Waals surface area (Å²) in [5, 5.41) is 0.381. The van der Waals surface area contributed by atoms with Gasteiger partial charge in [-0.15, -0.1) is 0 Å². The van der Waals surface area contributed by atoms with Crippen molar-refractivity contribution >= 4 is 40.0 Å². The van der Waals surface area contributed by atoms with E-state index in [0.717, 1.165) is 67.3 Å². The average molecular weight is 674 g/mol. The summed E-state index contributed by atoms with van der Waals surface area (Å²) in [7, 11) is 0. The number of nitrogens with zero attached hydrogens (tertiary/aromatic N) is 5. The lowest BCUT2D eigenvalue weighted by molar-refractivity contribution is -0.0591. The molecule has 0 amide bonds. The maximum Gasteiger partial charge on any atom is 0.338 e. The lowest BCUT2D eigenvalue weighted by Crippen LogP contribution is -2.33. The van der Waals surface area contributed by atoms with Gasteiger partial charge >= 0.3 is 5.97 Å². The molecule has 7 rings (SSSR count). The molecule has 0 saturated carbocycles. The van der Waals surface area contributed by atoms with Gasteiger partial charge in [0.05, 0.1) is 48.1 Å². The van der Waals surface area contributed by atoms with Gasteiger partial charge in [-0.1, -0.05) is 23.7 Å². The molecular weight excluding hydrogens is 633 g/mol. The Morgan fingerprint density at radius 3 is 2.65 bits per heavy atom. The quantitative estimate of drug-likeness (QED) is 0.184. The van der Waals surface area contributed by atoms with Gasteiger partial charge in [0, 0.05) is 43.4 Å². The molecule has 2 aromatic carbocycles. The molecule has 48 heavy (non-hydrogen) atoms. The van der Waals surface area contributed by atoms with Gasteiger partial charge in [-0.2, -0.15) is 0 Å². The number of hydrogen-bond acceptors (Lipinski definition) is 8. The Morgan fingerprint density at radius 1 is 1.06 bits per heavy atom. The Labute approximate surface area is 285 Å². The number of aromatic nitrogens is 3. The van der Waals surface area contributed by atoms with E-state index < -0.39 is 5.60 Å². The van der Waals surface area contributed by atoms with Crippen LogP contribution in [0.5, 0.6) is 5.75 Å². The van der Waals surface area contributed by atoms with Gasteiger partial charge in [-0.05, 0) is 88.1 Å². The van der Waals surface area contributed by atoms with Crippen molar-refractivity contribution in [2.75, 3.05) is 37.7 Å². The molecular formula is C37H41ClFN5O4. The number of benzene rings is 2. The van der Waals surface area contributed by atoms with Gasteiger partial charge in [0.15, 0.2) is 11.6 Å². The second-order valence-electron chi connectivity index (χ2n) is 13.7. The highest BCUT2D eigenvalue weighted by Gasteiger charge is 2.26. The summed E-state index contributed by atoms with van der Waals surface area (Å²) in [6.07, 6.45) is 5.03. The molecule has 3 aliphatic rings. The van der Waals surface area contributed by atoms with E-state index >= 15 is 0 Å². The summed E-state index contributed by atoms with van der Waals surface area (Å²) in [6, 6.07) is 14.4. The fourth-order valence-electron chi connectivity index (χ4n) is 6.39. The third-order valence-corrected chi connectivity index (χ3v) is 9.21. The molecule has 0 bridgehead atoms. The number of pyridine rings is 1. The maximum atomic E-state index is 14.7. The van der Waals surface area contributed by atoms with Gasteiger partial charge in [0.2, 0.25) is 0 Å². The Hall–Kier alpha value is -3.99. The lowest BCUT2D eigenvalue weighted by Gasteiger charge is -2.29. The maximum absolute atomic E-state index is 14.7. The van der Waals surface area contributed by atoms with Crippen LogP contribution in [0.25, 0.3) is 16.6 Å². The van der Waals surface area contributed by atoms with Crippen molar-refractivity contribution in [3.05, 3.63) is 88.1 Å². The van der Waals surface area contributed by atoms with E-state index in [-0.39, 0.29) is 17.9 Å². The fourth-order valence-corrected chi connectivity index (χ4v) is 6.55. The monoisotopic (exact) mass is 673 g/mol. The summed E-state index contributed by atoms with van der Waals surface area (Å²) in [5.41, 5.74) is 4.36. The second kappa shape index (κ2) is 13.5. The number of ether oxygens (including phenoxy) is 3. The van der Waals surface area contributed by atoms with Crippen LogP contribution in [0.3, 0.4) is 0 Å². The zero-order valence-electron chi connectivity index (χ0n) is 27.7. The van der Waals surface area contributed by atoms with Gasteiger partial charge < -0.3 is 23.7 Å². The number of carbonyl (C=O) groups excluding carboxylic acids is 1. The van der Waals surface area contributed by atoms with Crippen molar-refractivity contribution in [3.8, 4) is 5.75 Å². The molecule has 3 aliphatic heterocycles. The first-order valence-electron chi connectivity index (χ1n) is 16.7. The number of imidazole rings is 1. The molecule has 0 N–H and O–H groups in total. The second-order valence-corrected chi connectivity index (χ2v) is 14.2.